The summed E-state index contributed by atoms with van der Waals surface area (Å²) >= 11 is 8.82. The minimum atomic E-state index is 0.0886. The average molecular weight is 501 g/mol. The molecule has 0 N–H and O–H groups in total. The second-order valence-electron chi connectivity index (χ2n) is 9.33. The first-order chi connectivity index (χ1) is 16.2. The average Bonchev–Trinajstić information content (AvgIpc) is 3.00. The van der Waals surface area contributed by atoms with Crippen molar-refractivity contribution < 1.29 is 4.79 Å². The molecule has 0 bridgehead atoms. The lowest BCUT2D eigenvalue weighted by Crippen LogP contribution is -2.51. The molecule has 4 aliphatic rings. The van der Waals surface area contributed by atoms with Gasteiger partial charge in [-0.3, -0.25) is 19.6 Å². The molecule has 1 aromatic carbocycles. The van der Waals surface area contributed by atoms with Gasteiger partial charge in [-0.15, -0.1) is 0 Å². The summed E-state index contributed by atoms with van der Waals surface area (Å²) in [5.74, 6) is 0.997. The number of aliphatic imine (C=N–C) groups is 2. The highest BCUT2D eigenvalue weighted by Crippen LogP contribution is 2.38. The molecule has 2 saturated carbocycles. The number of benzene rings is 1. The topological polar surface area (TPSA) is 48.3 Å². The van der Waals surface area contributed by atoms with Crippen molar-refractivity contribution in [1.82, 2.24) is 4.90 Å². The third kappa shape index (κ3) is 5.49. The van der Waals surface area contributed by atoms with Crippen LogP contribution in [0.2, 0.25) is 0 Å². The normalized spacial score (nSPS) is 26.1. The zero-order chi connectivity index (χ0) is 22.6. The number of thiocarbonyl (C=S) groups is 1. The summed E-state index contributed by atoms with van der Waals surface area (Å²) in [5.41, 5.74) is 1.76. The quantitative estimate of drug-likeness (QED) is 0.421. The van der Waals surface area contributed by atoms with Crippen LogP contribution in [-0.2, 0) is 4.79 Å². The highest BCUT2D eigenvalue weighted by atomic mass is 32.2. The van der Waals surface area contributed by atoms with E-state index in [4.69, 9.17) is 22.2 Å². The molecule has 2 heterocycles. The van der Waals surface area contributed by atoms with Gasteiger partial charge in [0.2, 0.25) is 5.91 Å². The maximum atomic E-state index is 12.5. The Labute approximate surface area is 210 Å². The first-order valence-electron chi connectivity index (χ1n) is 12.4. The van der Waals surface area contributed by atoms with Gasteiger partial charge in [-0.1, -0.05) is 62.5 Å². The Morgan fingerprint density at radius 1 is 0.879 bits per heavy atom. The minimum Gasteiger partial charge on any atom is -0.296 e. The molecule has 0 unspecified atom stereocenters. The SMILES string of the molecule is O=C1CCCSC(=S)N1c1ccc(N=C2SC(=NC3CCCCC3)N2C2CCCCC2)cc1. The van der Waals surface area contributed by atoms with Crippen LogP contribution in [0.4, 0.5) is 11.4 Å². The number of amidine groups is 2. The van der Waals surface area contributed by atoms with Gasteiger partial charge in [0.25, 0.3) is 0 Å². The van der Waals surface area contributed by atoms with Gasteiger partial charge < -0.3 is 0 Å². The molecule has 2 aliphatic heterocycles. The van der Waals surface area contributed by atoms with Gasteiger partial charge >= 0.3 is 0 Å². The van der Waals surface area contributed by atoms with Crippen LogP contribution < -0.4 is 4.90 Å². The van der Waals surface area contributed by atoms with Crippen LogP contribution >= 0.6 is 35.7 Å². The molecule has 0 aromatic heterocycles. The number of anilines is 1. The van der Waals surface area contributed by atoms with Crippen molar-refractivity contribution in [3.63, 3.8) is 0 Å². The Kier molecular flexibility index (Phi) is 7.73. The summed E-state index contributed by atoms with van der Waals surface area (Å²) in [7, 11) is 0. The van der Waals surface area contributed by atoms with Crippen LogP contribution in [-0.4, -0.2) is 43.3 Å². The van der Waals surface area contributed by atoms with Crippen LogP contribution in [0.15, 0.2) is 34.3 Å². The zero-order valence-electron chi connectivity index (χ0n) is 19.1. The molecule has 4 fully saturated rings. The number of amides is 1. The van der Waals surface area contributed by atoms with E-state index in [1.807, 2.05) is 24.3 Å². The summed E-state index contributed by atoms with van der Waals surface area (Å²) in [5, 5.41) is 2.25. The lowest BCUT2D eigenvalue weighted by molar-refractivity contribution is -0.117. The third-order valence-corrected chi connectivity index (χ3v) is 9.34. The van der Waals surface area contributed by atoms with Crippen LogP contribution in [0.5, 0.6) is 0 Å². The Morgan fingerprint density at radius 2 is 1.58 bits per heavy atom. The predicted octanol–water partition coefficient (Wildman–Crippen LogP) is 6.89. The van der Waals surface area contributed by atoms with Gasteiger partial charge in [0.15, 0.2) is 10.3 Å². The van der Waals surface area contributed by atoms with Crippen molar-refractivity contribution in [2.75, 3.05) is 10.7 Å². The Balaban J connectivity index is 1.34. The fourth-order valence-electron chi connectivity index (χ4n) is 5.10. The van der Waals surface area contributed by atoms with Crippen molar-refractivity contribution >= 4 is 67.7 Å². The molecule has 5 rings (SSSR count). The molecule has 8 heteroatoms. The summed E-state index contributed by atoms with van der Waals surface area (Å²) < 4.78 is 0.651. The number of rotatable bonds is 4. The Bertz CT molecular complexity index is 915. The maximum Gasteiger partial charge on any atom is 0.232 e. The highest BCUT2D eigenvalue weighted by molar-refractivity contribution is 8.29. The fraction of sp³-hybridized carbons (Fsp3) is 0.600. The molecule has 0 atom stereocenters. The Hall–Kier alpha value is -1.38. The molecule has 2 aliphatic carbocycles. The van der Waals surface area contributed by atoms with E-state index >= 15 is 0 Å². The molecule has 33 heavy (non-hydrogen) atoms. The van der Waals surface area contributed by atoms with E-state index in [1.165, 1.54) is 69.4 Å². The molecule has 0 radical (unpaired) electrons. The van der Waals surface area contributed by atoms with Crippen LogP contribution in [0.25, 0.3) is 0 Å². The number of carbonyl (C=O) groups is 1. The molecular weight excluding hydrogens is 469 g/mol. The van der Waals surface area contributed by atoms with Gasteiger partial charge in [0.05, 0.1) is 17.4 Å². The molecule has 176 valence electrons. The summed E-state index contributed by atoms with van der Waals surface area (Å²) in [4.78, 5) is 26.8. The van der Waals surface area contributed by atoms with Gasteiger partial charge in [0.1, 0.15) is 4.32 Å². The molecule has 0 spiro atoms. The molecule has 2 saturated heterocycles. The van der Waals surface area contributed by atoms with Crippen LogP contribution in [0.1, 0.15) is 77.0 Å². The first kappa shape index (κ1) is 23.4. The second-order valence-corrected chi connectivity index (χ2v) is 12.0. The molecule has 5 nitrogen and oxygen atoms in total. The lowest BCUT2D eigenvalue weighted by Gasteiger charge is -2.43. The molecule has 1 amide bonds. The van der Waals surface area contributed by atoms with Crippen molar-refractivity contribution in [2.45, 2.75) is 89.1 Å². The zero-order valence-corrected chi connectivity index (χ0v) is 21.5. The van der Waals surface area contributed by atoms with Crippen molar-refractivity contribution in [3.05, 3.63) is 24.3 Å². The maximum absolute atomic E-state index is 12.5. The lowest BCUT2D eigenvalue weighted by atomic mass is 9.94. The van der Waals surface area contributed by atoms with E-state index in [9.17, 15) is 4.79 Å². The second kappa shape index (κ2) is 10.9. The summed E-state index contributed by atoms with van der Waals surface area (Å²) in [6.07, 6.45) is 14.3. The fourth-order valence-corrected chi connectivity index (χ4v) is 7.41. The van der Waals surface area contributed by atoms with E-state index in [0.29, 0.717) is 22.8 Å². The number of nitrogens with zero attached hydrogens (tertiary/aromatic N) is 4. The van der Waals surface area contributed by atoms with E-state index in [0.717, 1.165) is 28.7 Å². The van der Waals surface area contributed by atoms with Gasteiger partial charge in [-0.2, -0.15) is 0 Å². The van der Waals surface area contributed by atoms with Gasteiger partial charge in [0, 0.05) is 18.2 Å². The van der Waals surface area contributed by atoms with E-state index in [-0.39, 0.29) is 5.91 Å². The number of hydrogen-bond acceptors (Lipinski definition) is 6. The van der Waals surface area contributed by atoms with Gasteiger partial charge in [-0.25, -0.2) is 4.99 Å². The first-order valence-corrected chi connectivity index (χ1v) is 14.6. The molecule has 1 aromatic rings. The number of carbonyl (C=O) groups excluding carboxylic acids is 1. The van der Waals surface area contributed by atoms with E-state index in [2.05, 4.69) is 4.90 Å². The predicted molar refractivity (Wildman–Crippen MR) is 146 cm³/mol. The largest absolute Gasteiger partial charge is 0.296 e. The smallest absolute Gasteiger partial charge is 0.232 e. The summed E-state index contributed by atoms with van der Waals surface area (Å²) in [6, 6.07) is 8.97. The number of thioether (sulfide) groups is 2. The monoisotopic (exact) mass is 500 g/mol. The van der Waals surface area contributed by atoms with Crippen LogP contribution in [0.3, 0.4) is 0 Å². The van der Waals surface area contributed by atoms with Gasteiger partial charge in [-0.05, 0) is 68.1 Å². The Morgan fingerprint density at radius 3 is 2.30 bits per heavy atom. The van der Waals surface area contributed by atoms with E-state index in [1.54, 1.807) is 28.4 Å². The summed E-state index contributed by atoms with van der Waals surface area (Å²) in [6.45, 7) is 0. The molecular formula is C25H32N4OS3. The van der Waals surface area contributed by atoms with Crippen LogP contribution in [0, 0.1) is 0 Å². The minimum absolute atomic E-state index is 0.0886. The standard InChI is InChI=1S/C25H32N4OS3/c30-22-12-7-17-32-25(31)28(22)21-15-13-19(14-16-21)27-24-29(20-10-5-2-6-11-20)23(33-24)26-18-8-3-1-4-9-18/h13-16,18,20H,1-12,17H2. The van der Waals surface area contributed by atoms with Crippen molar-refractivity contribution in [3.8, 4) is 0 Å². The van der Waals surface area contributed by atoms with Crippen molar-refractivity contribution in [1.29, 1.82) is 0 Å². The van der Waals surface area contributed by atoms with Crippen molar-refractivity contribution in [2.24, 2.45) is 9.98 Å². The number of hydrogen-bond donors (Lipinski definition) is 0. The van der Waals surface area contributed by atoms with E-state index < -0.39 is 0 Å². The third-order valence-electron chi connectivity index (χ3n) is 6.93. The highest BCUT2D eigenvalue weighted by Gasteiger charge is 2.38.